The van der Waals surface area contributed by atoms with Crippen molar-refractivity contribution in [2.24, 2.45) is 5.73 Å². The molecule has 1 heterocycles. The summed E-state index contributed by atoms with van der Waals surface area (Å²) in [5.74, 6) is 0.258. The van der Waals surface area contributed by atoms with E-state index in [0.29, 0.717) is 5.75 Å². The number of pyridine rings is 1. The molecule has 0 radical (unpaired) electrons. The van der Waals surface area contributed by atoms with Crippen LogP contribution in [0.15, 0.2) is 18.3 Å². The molecule has 1 aromatic heterocycles. The number of hydrogen-bond acceptors (Lipinski definition) is 6. The van der Waals surface area contributed by atoms with Crippen LogP contribution in [0.4, 0.5) is 5.82 Å². The molecular weight excluding hydrogens is 306 g/mol. The van der Waals surface area contributed by atoms with E-state index in [9.17, 15) is 4.79 Å². The second-order valence-electron chi connectivity index (χ2n) is 4.77. The number of nitrogens with one attached hydrogen (secondary N) is 1. The minimum Gasteiger partial charge on any atom is -0.481 e. The zero-order valence-electron chi connectivity index (χ0n) is 12.9. The molecule has 0 amide bonds. The van der Waals surface area contributed by atoms with Crippen molar-refractivity contribution in [1.82, 2.24) is 4.98 Å². The number of rotatable bonds is 7. The molecular formula is C14H23N3O4S. The van der Waals surface area contributed by atoms with Crippen molar-refractivity contribution < 1.29 is 19.8 Å². The molecule has 124 valence electrons. The number of carbonyl (C=O) groups is 2. The molecule has 0 bridgehead atoms. The summed E-state index contributed by atoms with van der Waals surface area (Å²) in [5, 5.41) is 19.3. The number of aromatic nitrogens is 1. The summed E-state index contributed by atoms with van der Waals surface area (Å²) < 4.78 is 0. The smallest absolute Gasteiger partial charge is 0.321 e. The number of nitrogens with zero attached hydrogens (tertiary/aromatic N) is 1. The van der Waals surface area contributed by atoms with Crippen LogP contribution in [0.2, 0.25) is 0 Å². The number of hydrogen-bond donors (Lipinski definition) is 4. The fourth-order valence-electron chi connectivity index (χ4n) is 1.35. The lowest BCUT2D eigenvalue weighted by Gasteiger charge is -2.15. The number of thioether (sulfide) groups is 1. The number of carboxylic acid groups (broad SMARTS) is 2. The predicted octanol–water partition coefficient (Wildman–Crippen LogP) is 1.43. The third-order valence-electron chi connectivity index (χ3n) is 2.29. The Morgan fingerprint density at radius 2 is 2.00 bits per heavy atom. The van der Waals surface area contributed by atoms with Gasteiger partial charge in [0.2, 0.25) is 0 Å². The first kappa shape index (κ1) is 20.2. The first-order valence-electron chi connectivity index (χ1n) is 6.67. The van der Waals surface area contributed by atoms with Gasteiger partial charge in [0.25, 0.3) is 5.97 Å². The van der Waals surface area contributed by atoms with Crippen molar-refractivity contribution in [3.8, 4) is 0 Å². The van der Waals surface area contributed by atoms with Gasteiger partial charge in [-0.1, -0.05) is 0 Å². The second-order valence-corrected chi connectivity index (χ2v) is 5.84. The van der Waals surface area contributed by atoms with Crippen LogP contribution in [0.25, 0.3) is 0 Å². The lowest BCUT2D eigenvalue weighted by molar-refractivity contribution is -0.138. The van der Waals surface area contributed by atoms with E-state index in [1.165, 1.54) is 11.8 Å². The Kier molecular flexibility index (Phi) is 9.97. The van der Waals surface area contributed by atoms with E-state index in [-0.39, 0.29) is 6.04 Å². The molecule has 5 N–H and O–H groups in total. The zero-order valence-corrected chi connectivity index (χ0v) is 13.8. The monoisotopic (exact) mass is 329 g/mol. The minimum atomic E-state index is -0.955. The summed E-state index contributed by atoms with van der Waals surface area (Å²) in [5.41, 5.74) is 6.58. The lowest BCUT2D eigenvalue weighted by atomic mass is 10.3. The fourth-order valence-corrected chi connectivity index (χ4v) is 2.32. The van der Waals surface area contributed by atoms with Gasteiger partial charge in [0.05, 0.1) is 0 Å². The number of carboxylic acids is 2. The van der Waals surface area contributed by atoms with Crippen LogP contribution >= 0.6 is 11.8 Å². The van der Waals surface area contributed by atoms with E-state index in [1.807, 2.05) is 26.0 Å². The summed E-state index contributed by atoms with van der Waals surface area (Å²) in [6.07, 6.45) is 1.76. The number of aliphatic carboxylic acids is 2. The molecule has 0 aromatic carbocycles. The maximum atomic E-state index is 10.5. The summed E-state index contributed by atoms with van der Waals surface area (Å²) in [7, 11) is 0. The average molecular weight is 329 g/mol. The summed E-state index contributed by atoms with van der Waals surface area (Å²) in [6.45, 7) is 5.13. The van der Waals surface area contributed by atoms with Crippen LogP contribution in [0.3, 0.4) is 0 Å². The van der Waals surface area contributed by atoms with E-state index < -0.39 is 18.0 Å². The average Bonchev–Trinajstić information content (AvgIpc) is 2.37. The SMILES string of the molecule is CC(=O)O.Cc1ccnc(NC(C)CSC[C@H](N)C(=O)O)c1. The normalized spacial score (nSPS) is 12.5. The number of aryl methyl sites for hydroxylation is 1. The van der Waals surface area contributed by atoms with Gasteiger partial charge in [0.15, 0.2) is 0 Å². The molecule has 0 spiro atoms. The molecule has 7 nitrogen and oxygen atoms in total. The Morgan fingerprint density at radius 1 is 1.41 bits per heavy atom. The lowest BCUT2D eigenvalue weighted by Crippen LogP contribution is -2.33. The van der Waals surface area contributed by atoms with Crippen molar-refractivity contribution in [3.05, 3.63) is 23.9 Å². The van der Waals surface area contributed by atoms with Gasteiger partial charge < -0.3 is 21.3 Å². The highest BCUT2D eigenvalue weighted by Crippen LogP contribution is 2.10. The quantitative estimate of drug-likeness (QED) is 0.592. The molecule has 22 heavy (non-hydrogen) atoms. The van der Waals surface area contributed by atoms with Crippen molar-refractivity contribution in [2.75, 3.05) is 16.8 Å². The second kappa shape index (κ2) is 10.9. The standard InChI is InChI=1S/C12H19N3O2S.C2H4O2/c1-8-3-4-14-11(5-8)15-9(2)6-18-7-10(13)12(16)17;1-2(3)4/h3-5,9-10H,6-7,13H2,1-2H3,(H,14,15)(H,16,17);1H3,(H,3,4)/t9?,10-;/m0./s1. The van der Waals surface area contributed by atoms with Crippen LogP contribution < -0.4 is 11.1 Å². The Morgan fingerprint density at radius 3 is 2.50 bits per heavy atom. The van der Waals surface area contributed by atoms with Gasteiger partial charge in [-0.3, -0.25) is 9.59 Å². The largest absolute Gasteiger partial charge is 0.481 e. The first-order valence-corrected chi connectivity index (χ1v) is 7.82. The Balaban J connectivity index is 0.000000980. The van der Waals surface area contributed by atoms with Crippen LogP contribution in [0.1, 0.15) is 19.4 Å². The topological polar surface area (TPSA) is 126 Å². The highest BCUT2D eigenvalue weighted by Gasteiger charge is 2.12. The van der Waals surface area contributed by atoms with Gasteiger partial charge in [-0.2, -0.15) is 11.8 Å². The third-order valence-corrected chi connectivity index (χ3v) is 3.62. The van der Waals surface area contributed by atoms with Gasteiger partial charge in [-0.05, 0) is 31.5 Å². The molecule has 0 fully saturated rings. The molecule has 0 aliphatic carbocycles. The Bertz CT molecular complexity index is 481. The molecule has 1 aromatic rings. The van der Waals surface area contributed by atoms with Crippen molar-refractivity contribution in [1.29, 1.82) is 0 Å². The zero-order chi connectivity index (χ0) is 17.1. The molecule has 1 rings (SSSR count). The Hall–Kier alpha value is -1.80. The van der Waals surface area contributed by atoms with Gasteiger partial charge in [0.1, 0.15) is 11.9 Å². The van der Waals surface area contributed by atoms with Gasteiger partial charge in [0, 0.05) is 30.7 Å². The predicted molar refractivity (Wildman–Crippen MR) is 88.3 cm³/mol. The van der Waals surface area contributed by atoms with E-state index in [0.717, 1.165) is 24.1 Å². The maximum absolute atomic E-state index is 10.5. The summed E-state index contributed by atoms with van der Waals surface area (Å²) in [4.78, 5) is 23.8. The van der Waals surface area contributed by atoms with Crippen molar-refractivity contribution in [3.63, 3.8) is 0 Å². The van der Waals surface area contributed by atoms with Crippen LogP contribution in [0.5, 0.6) is 0 Å². The molecule has 2 atom stereocenters. The van der Waals surface area contributed by atoms with Crippen LogP contribution in [0, 0.1) is 6.92 Å². The molecule has 0 saturated carbocycles. The van der Waals surface area contributed by atoms with E-state index in [4.69, 9.17) is 20.7 Å². The van der Waals surface area contributed by atoms with Gasteiger partial charge in [-0.15, -0.1) is 0 Å². The van der Waals surface area contributed by atoms with E-state index in [1.54, 1.807) is 6.20 Å². The molecule has 0 saturated heterocycles. The third kappa shape index (κ3) is 10.9. The van der Waals surface area contributed by atoms with Gasteiger partial charge >= 0.3 is 5.97 Å². The highest BCUT2D eigenvalue weighted by molar-refractivity contribution is 7.99. The molecule has 8 heteroatoms. The van der Waals surface area contributed by atoms with Crippen molar-refractivity contribution >= 4 is 29.5 Å². The number of anilines is 1. The van der Waals surface area contributed by atoms with Gasteiger partial charge in [-0.25, -0.2) is 4.98 Å². The van der Waals surface area contributed by atoms with Crippen LogP contribution in [-0.2, 0) is 9.59 Å². The molecule has 0 aliphatic heterocycles. The first-order chi connectivity index (χ1) is 10.2. The highest BCUT2D eigenvalue weighted by atomic mass is 32.2. The maximum Gasteiger partial charge on any atom is 0.321 e. The molecule has 0 aliphatic rings. The minimum absolute atomic E-state index is 0.213. The van der Waals surface area contributed by atoms with E-state index in [2.05, 4.69) is 10.3 Å². The van der Waals surface area contributed by atoms with Crippen LogP contribution in [-0.4, -0.2) is 50.7 Å². The Labute approximate surface area is 134 Å². The van der Waals surface area contributed by atoms with E-state index >= 15 is 0 Å². The summed E-state index contributed by atoms with van der Waals surface area (Å²) >= 11 is 1.53. The number of nitrogens with two attached hydrogens (primary N) is 1. The fraction of sp³-hybridized carbons (Fsp3) is 0.500. The molecule has 1 unspecified atom stereocenters. The van der Waals surface area contributed by atoms with Crippen molar-refractivity contribution in [2.45, 2.75) is 32.9 Å². The summed E-state index contributed by atoms with van der Waals surface area (Å²) in [6, 6.07) is 3.34.